The minimum Gasteiger partial charge on any atom is -0.507 e. The van der Waals surface area contributed by atoms with Crippen molar-refractivity contribution in [2.45, 2.75) is 26.4 Å². The number of ether oxygens (including phenoxy) is 1. The number of phenols is 2. The first kappa shape index (κ1) is 23.0. The first-order valence-corrected chi connectivity index (χ1v) is 10.2. The van der Waals surface area contributed by atoms with Crippen LogP contribution in [0.5, 0.6) is 11.5 Å². The summed E-state index contributed by atoms with van der Waals surface area (Å²) in [5.74, 6) is -2.89. The van der Waals surface area contributed by atoms with Crippen LogP contribution < -0.4 is 0 Å². The van der Waals surface area contributed by atoms with Gasteiger partial charge in [-0.2, -0.15) is 0 Å². The van der Waals surface area contributed by atoms with Crippen LogP contribution >= 0.6 is 11.6 Å². The van der Waals surface area contributed by atoms with E-state index in [1.54, 1.807) is 30.3 Å². The van der Waals surface area contributed by atoms with Gasteiger partial charge in [0, 0.05) is 23.1 Å². The van der Waals surface area contributed by atoms with E-state index >= 15 is 0 Å². The smallest absolute Gasteiger partial charge is 0.331 e. The second-order valence-electron chi connectivity index (χ2n) is 7.47. The molecule has 0 aromatic heterocycles. The number of phenolic OH excluding ortho intramolecular Hbond substituents is 2. The zero-order chi connectivity index (χ0) is 23.4. The summed E-state index contributed by atoms with van der Waals surface area (Å²) in [7, 11) is 0. The van der Waals surface area contributed by atoms with Crippen LogP contribution in [0, 0.1) is 0 Å². The molecule has 0 saturated carbocycles. The second kappa shape index (κ2) is 9.66. The average Bonchev–Trinajstić information content (AvgIpc) is 2.75. The molecule has 0 bridgehead atoms. The number of halogens is 1. The summed E-state index contributed by atoms with van der Waals surface area (Å²) in [4.78, 5) is 38.1. The summed E-state index contributed by atoms with van der Waals surface area (Å²) in [5, 5.41) is 20.7. The molecule has 0 amide bonds. The van der Waals surface area contributed by atoms with E-state index in [1.807, 2.05) is 13.8 Å². The van der Waals surface area contributed by atoms with E-state index in [0.717, 1.165) is 29.3 Å². The van der Waals surface area contributed by atoms with Gasteiger partial charge >= 0.3 is 5.97 Å². The van der Waals surface area contributed by atoms with Gasteiger partial charge in [0.2, 0.25) is 0 Å². The monoisotopic (exact) mass is 452 g/mol. The molecule has 0 fully saturated rings. The van der Waals surface area contributed by atoms with Crippen LogP contribution in [0.2, 0.25) is 5.02 Å². The Labute approximate surface area is 190 Å². The zero-order valence-electron chi connectivity index (χ0n) is 17.5. The van der Waals surface area contributed by atoms with Crippen LogP contribution in [-0.2, 0) is 9.53 Å². The highest BCUT2D eigenvalue weighted by atomic mass is 35.5. The summed E-state index contributed by atoms with van der Waals surface area (Å²) in [5.41, 5.74) is 1.01. The minimum absolute atomic E-state index is 0.0749. The number of carbonyl (C=O) groups is 3. The number of esters is 1. The van der Waals surface area contributed by atoms with Gasteiger partial charge in [0.15, 0.2) is 11.6 Å². The maximum absolute atomic E-state index is 13.1. The molecular formula is C25H21ClO6. The third-order valence-corrected chi connectivity index (χ3v) is 5.06. The topological polar surface area (TPSA) is 101 Å². The molecule has 0 radical (unpaired) electrons. The molecule has 6 nitrogen and oxygen atoms in total. The number of Topliss-reactive ketones (excluding diaryl/α,β-unsaturated/α-hetero) is 1. The summed E-state index contributed by atoms with van der Waals surface area (Å²) >= 11 is 5.85. The molecular weight excluding hydrogens is 432 g/mol. The van der Waals surface area contributed by atoms with E-state index in [9.17, 15) is 24.6 Å². The predicted octanol–water partition coefficient (Wildman–Crippen LogP) is 5.04. The predicted molar refractivity (Wildman–Crippen MR) is 121 cm³/mol. The van der Waals surface area contributed by atoms with Crippen molar-refractivity contribution in [2.24, 2.45) is 0 Å². The Kier molecular flexibility index (Phi) is 6.95. The summed E-state index contributed by atoms with van der Waals surface area (Å²) in [6.07, 6.45) is 4.67. The highest BCUT2D eigenvalue weighted by Crippen LogP contribution is 2.36. The number of carbonyl (C=O) groups excluding carboxylic acids is 3. The molecule has 0 aliphatic heterocycles. The number of benzene rings is 2. The van der Waals surface area contributed by atoms with Gasteiger partial charge in [0.25, 0.3) is 0 Å². The van der Waals surface area contributed by atoms with Gasteiger partial charge in [-0.05, 0) is 55.8 Å². The standard InChI is InChI=1S/C25H21ClO6/c1-14(2)3-11-21(32-22(30)12-6-15-4-7-16(26)8-5-15)17-13-20(29)23-18(27)9-10-19(28)24(23)25(17)31/h3-10,12-13,21,27-28H,11H2,1-2H3/b12-6+/t21-/m1/s1. The number of allylic oxidation sites excluding steroid dienone is 2. The zero-order valence-corrected chi connectivity index (χ0v) is 18.2. The molecule has 0 spiro atoms. The number of fused-ring (bicyclic) bond motifs is 1. The third kappa shape index (κ3) is 5.15. The van der Waals surface area contributed by atoms with Crippen LogP contribution in [0.1, 0.15) is 46.5 Å². The van der Waals surface area contributed by atoms with Gasteiger partial charge in [-0.1, -0.05) is 35.4 Å². The van der Waals surface area contributed by atoms with Crippen molar-refractivity contribution < 1.29 is 29.3 Å². The molecule has 2 aromatic carbocycles. The van der Waals surface area contributed by atoms with Crippen molar-refractivity contribution >= 4 is 35.2 Å². The quantitative estimate of drug-likeness (QED) is 0.275. The molecule has 0 heterocycles. The van der Waals surface area contributed by atoms with E-state index in [2.05, 4.69) is 0 Å². The van der Waals surface area contributed by atoms with Gasteiger partial charge in [-0.15, -0.1) is 0 Å². The molecule has 0 saturated heterocycles. The van der Waals surface area contributed by atoms with Gasteiger partial charge in [-0.25, -0.2) is 4.79 Å². The minimum atomic E-state index is -1.06. The molecule has 1 aliphatic carbocycles. The SMILES string of the molecule is CC(C)=CC[C@@H](OC(=O)/C=C/c1ccc(Cl)cc1)C1=CC(=O)c2c(O)ccc(O)c2C1=O. The number of hydrogen-bond donors (Lipinski definition) is 2. The van der Waals surface area contributed by atoms with E-state index in [0.29, 0.717) is 5.02 Å². The van der Waals surface area contributed by atoms with Crippen LogP contribution in [-0.4, -0.2) is 33.9 Å². The number of rotatable bonds is 6. The van der Waals surface area contributed by atoms with Gasteiger partial charge in [0.1, 0.15) is 17.6 Å². The Morgan fingerprint density at radius 2 is 1.66 bits per heavy atom. The molecule has 32 heavy (non-hydrogen) atoms. The van der Waals surface area contributed by atoms with Crippen LogP contribution in [0.15, 0.2) is 65.8 Å². The normalized spacial score (nSPS) is 14.0. The third-order valence-electron chi connectivity index (χ3n) is 4.81. The Morgan fingerprint density at radius 1 is 1.03 bits per heavy atom. The Hall–Kier alpha value is -3.64. The lowest BCUT2D eigenvalue weighted by atomic mass is 9.85. The number of hydrogen-bond acceptors (Lipinski definition) is 6. The maximum atomic E-state index is 13.1. The van der Waals surface area contributed by atoms with E-state index in [1.165, 1.54) is 12.2 Å². The maximum Gasteiger partial charge on any atom is 0.331 e. The molecule has 164 valence electrons. The molecule has 1 aliphatic rings. The molecule has 2 N–H and O–H groups in total. The molecule has 1 atom stereocenters. The van der Waals surface area contributed by atoms with E-state index in [-0.39, 0.29) is 23.1 Å². The fraction of sp³-hybridized carbons (Fsp3) is 0.160. The van der Waals surface area contributed by atoms with E-state index in [4.69, 9.17) is 16.3 Å². The van der Waals surface area contributed by atoms with E-state index < -0.39 is 35.1 Å². The number of aromatic hydroxyl groups is 2. The van der Waals surface area contributed by atoms with Gasteiger partial charge < -0.3 is 14.9 Å². The largest absolute Gasteiger partial charge is 0.507 e. The molecule has 3 rings (SSSR count). The summed E-state index contributed by atoms with van der Waals surface area (Å²) in [6, 6.07) is 9.09. The van der Waals surface area contributed by atoms with Gasteiger partial charge in [0.05, 0.1) is 11.1 Å². The van der Waals surface area contributed by atoms with Crippen LogP contribution in [0.3, 0.4) is 0 Å². The lowest BCUT2D eigenvalue weighted by Gasteiger charge is -2.23. The van der Waals surface area contributed by atoms with Crippen molar-refractivity contribution in [3.8, 4) is 11.5 Å². The molecule has 2 aromatic rings. The van der Waals surface area contributed by atoms with Gasteiger partial charge in [-0.3, -0.25) is 9.59 Å². The Balaban J connectivity index is 1.90. The summed E-state index contributed by atoms with van der Waals surface area (Å²) < 4.78 is 5.51. The molecule has 7 heteroatoms. The lowest BCUT2D eigenvalue weighted by Crippen LogP contribution is -2.28. The van der Waals surface area contributed by atoms with Crippen LogP contribution in [0.25, 0.3) is 6.08 Å². The summed E-state index contributed by atoms with van der Waals surface area (Å²) in [6.45, 7) is 3.70. The highest BCUT2D eigenvalue weighted by Gasteiger charge is 2.35. The molecule has 0 unspecified atom stereocenters. The Morgan fingerprint density at radius 3 is 2.28 bits per heavy atom. The highest BCUT2D eigenvalue weighted by molar-refractivity contribution is 6.30. The van der Waals surface area contributed by atoms with Crippen molar-refractivity contribution in [1.29, 1.82) is 0 Å². The fourth-order valence-electron chi connectivity index (χ4n) is 3.22. The first-order chi connectivity index (χ1) is 15.2. The van der Waals surface area contributed by atoms with Crippen molar-refractivity contribution in [1.82, 2.24) is 0 Å². The van der Waals surface area contributed by atoms with Crippen molar-refractivity contribution in [2.75, 3.05) is 0 Å². The second-order valence-corrected chi connectivity index (χ2v) is 7.91. The first-order valence-electron chi connectivity index (χ1n) is 9.80. The van der Waals surface area contributed by atoms with Crippen LogP contribution in [0.4, 0.5) is 0 Å². The number of ketones is 2. The fourth-order valence-corrected chi connectivity index (χ4v) is 3.35. The average molecular weight is 453 g/mol. The lowest BCUT2D eigenvalue weighted by molar-refractivity contribution is -0.140. The van der Waals surface area contributed by atoms with Crippen molar-refractivity contribution in [3.05, 3.63) is 87.5 Å². The Bertz CT molecular complexity index is 1170. The van der Waals surface area contributed by atoms with Crippen molar-refractivity contribution in [3.63, 3.8) is 0 Å².